The lowest BCUT2D eigenvalue weighted by Gasteiger charge is -2.09. The average Bonchev–Trinajstić information content (AvgIpc) is 2.54. The fraction of sp³-hybridized carbons (Fsp3) is 0.0667. The molecule has 0 fully saturated rings. The number of nitrogens with one attached hydrogen (secondary N) is 1. The Hall–Kier alpha value is -3.13. The Morgan fingerprint density at radius 2 is 1.96 bits per heavy atom. The van der Waals surface area contributed by atoms with E-state index >= 15 is 0 Å². The summed E-state index contributed by atoms with van der Waals surface area (Å²) in [5.74, 6) is -2.08. The molecule has 0 aliphatic carbocycles. The molecule has 124 valence electrons. The monoisotopic (exact) mass is 350 g/mol. The van der Waals surface area contributed by atoms with Gasteiger partial charge in [-0.3, -0.25) is 14.9 Å². The third-order valence-corrected chi connectivity index (χ3v) is 3.24. The fourth-order valence-electron chi connectivity index (χ4n) is 1.81. The highest BCUT2D eigenvalue weighted by Gasteiger charge is 2.19. The Kier molecular flexibility index (Phi) is 5.33. The van der Waals surface area contributed by atoms with Crippen LogP contribution < -0.4 is 10.1 Å². The molecular weight excluding hydrogens is 340 g/mol. The lowest BCUT2D eigenvalue weighted by atomic mass is 10.2. The van der Waals surface area contributed by atoms with Crippen LogP contribution in [-0.4, -0.2) is 28.5 Å². The van der Waals surface area contributed by atoms with Gasteiger partial charge in [0, 0.05) is 6.07 Å². The van der Waals surface area contributed by atoms with Gasteiger partial charge in [0.25, 0.3) is 5.91 Å². The van der Waals surface area contributed by atoms with Gasteiger partial charge in [-0.25, -0.2) is 4.79 Å². The molecule has 0 aliphatic rings. The third kappa shape index (κ3) is 4.20. The van der Waals surface area contributed by atoms with Gasteiger partial charge in [-0.1, -0.05) is 23.7 Å². The second-order valence-electron chi connectivity index (χ2n) is 4.56. The van der Waals surface area contributed by atoms with Gasteiger partial charge in [-0.15, -0.1) is 0 Å². The number of carbonyl (C=O) groups is 2. The number of hydrogen-bond donors (Lipinski definition) is 2. The number of aromatic carboxylic acids is 1. The van der Waals surface area contributed by atoms with Crippen molar-refractivity contribution in [2.24, 2.45) is 0 Å². The molecule has 2 aromatic rings. The second kappa shape index (κ2) is 7.42. The molecular formula is C15H11ClN2O6. The summed E-state index contributed by atoms with van der Waals surface area (Å²) < 4.78 is 5.12. The smallest absolute Gasteiger partial charge is 0.335 e. The standard InChI is InChI=1S/C15H11ClN2O6/c16-10-3-1-2-4-11(10)17-14(19)8-24-13-6-5-9(15(20)21)7-12(13)18(22)23/h1-7H,8H2,(H,17,19)(H,20,21). The Labute approximate surface area is 140 Å². The van der Waals surface area contributed by atoms with Crippen molar-refractivity contribution in [3.8, 4) is 5.75 Å². The number of nitrogens with zero attached hydrogens (tertiary/aromatic N) is 1. The summed E-state index contributed by atoms with van der Waals surface area (Å²) in [7, 11) is 0. The number of anilines is 1. The molecule has 2 aromatic carbocycles. The predicted octanol–water partition coefficient (Wildman–Crippen LogP) is 2.96. The Morgan fingerprint density at radius 1 is 1.25 bits per heavy atom. The van der Waals surface area contributed by atoms with Gasteiger partial charge in [-0.2, -0.15) is 0 Å². The van der Waals surface area contributed by atoms with E-state index in [1.54, 1.807) is 24.3 Å². The second-order valence-corrected chi connectivity index (χ2v) is 4.97. The molecule has 8 nitrogen and oxygen atoms in total. The highest BCUT2D eigenvalue weighted by Crippen LogP contribution is 2.28. The van der Waals surface area contributed by atoms with Crippen molar-refractivity contribution in [1.29, 1.82) is 0 Å². The summed E-state index contributed by atoms with van der Waals surface area (Å²) in [5, 5.41) is 22.7. The maximum absolute atomic E-state index is 11.8. The van der Waals surface area contributed by atoms with E-state index in [9.17, 15) is 19.7 Å². The van der Waals surface area contributed by atoms with E-state index in [0.29, 0.717) is 10.7 Å². The number of carbonyl (C=O) groups excluding carboxylic acids is 1. The minimum atomic E-state index is -1.30. The van der Waals surface area contributed by atoms with Crippen molar-refractivity contribution < 1.29 is 24.4 Å². The number of carboxylic acid groups (broad SMARTS) is 1. The first kappa shape index (κ1) is 17.2. The quantitative estimate of drug-likeness (QED) is 0.610. The summed E-state index contributed by atoms with van der Waals surface area (Å²) in [6.45, 7) is -0.502. The predicted molar refractivity (Wildman–Crippen MR) is 85.6 cm³/mol. The van der Waals surface area contributed by atoms with Gasteiger partial charge >= 0.3 is 11.7 Å². The highest BCUT2D eigenvalue weighted by atomic mass is 35.5. The van der Waals surface area contributed by atoms with E-state index in [2.05, 4.69) is 5.32 Å². The van der Waals surface area contributed by atoms with Crippen LogP contribution in [0.4, 0.5) is 11.4 Å². The van der Waals surface area contributed by atoms with Crippen LogP contribution in [0.3, 0.4) is 0 Å². The van der Waals surface area contributed by atoms with Crippen molar-refractivity contribution in [2.45, 2.75) is 0 Å². The zero-order valence-corrected chi connectivity index (χ0v) is 12.8. The molecule has 0 spiro atoms. The molecule has 1 amide bonds. The molecule has 0 aromatic heterocycles. The van der Waals surface area contributed by atoms with Crippen molar-refractivity contribution in [2.75, 3.05) is 11.9 Å². The number of nitro benzene ring substituents is 1. The van der Waals surface area contributed by atoms with Crippen molar-refractivity contribution in [1.82, 2.24) is 0 Å². The Morgan fingerprint density at radius 3 is 2.58 bits per heavy atom. The first-order valence-electron chi connectivity index (χ1n) is 6.57. The van der Waals surface area contributed by atoms with Crippen LogP contribution in [0.1, 0.15) is 10.4 Å². The lowest BCUT2D eigenvalue weighted by Crippen LogP contribution is -2.20. The van der Waals surface area contributed by atoms with E-state index in [0.717, 1.165) is 18.2 Å². The molecule has 0 radical (unpaired) electrons. The van der Waals surface area contributed by atoms with Gasteiger partial charge < -0.3 is 15.2 Å². The molecule has 0 heterocycles. The van der Waals surface area contributed by atoms with E-state index in [-0.39, 0.29) is 11.3 Å². The van der Waals surface area contributed by atoms with Crippen molar-refractivity contribution in [3.05, 3.63) is 63.2 Å². The SMILES string of the molecule is O=C(COc1ccc(C(=O)O)cc1[N+](=O)[O-])Nc1ccccc1Cl. The van der Waals surface area contributed by atoms with Crippen LogP contribution >= 0.6 is 11.6 Å². The van der Waals surface area contributed by atoms with Crippen molar-refractivity contribution in [3.63, 3.8) is 0 Å². The molecule has 9 heteroatoms. The highest BCUT2D eigenvalue weighted by molar-refractivity contribution is 6.33. The first-order valence-corrected chi connectivity index (χ1v) is 6.95. The van der Waals surface area contributed by atoms with Gasteiger partial charge in [0.1, 0.15) is 0 Å². The average molecular weight is 351 g/mol. The normalized spacial score (nSPS) is 10.0. The molecule has 24 heavy (non-hydrogen) atoms. The first-order chi connectivity index (χ1) is 11.4. The number of nitro groups is 1. The van der Waals surface area contributed by atoms with Gasteiger partial charge in [-0.05, 0) is 24.3 Å². The summed E-state index contributed by atoms with van der Waals surface area (Å²) in [6, 6.07) is 9.70. The summed E-state index contributed by atoms with van der Waals surface area (Å²) in [6.07, 6.45) is 0. The van der Waals surface area contributed by atoms with Crippen LogP contribution in [0.2, 0.25) is 5.02 Å². The number of carboxylic acids is 1. The molecule has 0 bridgehead atoms. The number of ether oxygens (including phenoxy) is 1. The van der Waals surface area contributed by atoms with Crippen LogP contribution in [-0.2, 0) is 4.79 Å². The largest absolute Gasteiger partial charge is 0.478 e. The van der Waals surface area contributed by atoms with Gasteiger partial charge in [0.05, 0.1) is 21.2 Å². The number of rotatable bonds is 6. The van der Waals surface area contributed by atoms with E-state index in [1.165, 1.54) is 0 Å². The van der Waals surface area contributed by atoms with Crippen LogP contribution in [0, 0.1) is 10.1 Å². The minimum absolute atomic E-state index is 0.209. The molecule has 0 aliphatic heterocycles. The summed E-state index contributed by atoms with van der Waals surface area (Å²) in [5.41, 5.74) is -0.418. The van der Waals surface area contributed by atoms with Crippen molar-refractivity contribution >= 4 is 34.9 Å². The zero-order chi connectivity index (χ0) is 17.7. The molecule has 0 unspecified atom stereocenters. The van der Waals surface area contributed by atoms with Crippen LogP contribution in [0.5, 0.6) is 5.75 Å². The number of benzene rings is 2. The summed E-state index contributed by atoms with van der Waals surface area (Å²) >= 11 is 5.90. The maximum Gasteiger partial charge on any atom is 0.335 e. The summed E-state index contributed by atoms with van der Waals surface area (Å²) in [4.78, 5) is 32.9. The van der Waals surface area contributed by atoms with E-state index in [4.69, 9.17) is 21.4 Å². The van der Waals surface area contributed by atoms with Gasteiger partial charge in [0.15, 0.2) is 12.4 Å². The Balaban J connectivity index is 2.08. The number of hydrogen-bond acceptors (Lipinski definition) is 5. The molecule has 0 atom stereocenters. The number of para-hydroxylation sites is 1. The molecule has 2 rings (SSSR count). The maximum atomic E-state index is 11.8. The molecule has 0 saturated heterocycles. The fourth-order valence-corrected chi connectivity index (χ4v) is 1.99. The molecule has 0 saturated carbocycles. The number of amides is 1. The number of halogens is 1. The lowest BCUT2D eigenvalue weighted by molar-refractivity contribution is -0.385. The molecule has 2 N–H and O–H groups in total. The third-order valence-electron chi connectivity index (χ3n) is 2.91. The Bertz CT molecular complexity index is 808. The topological polar surface area (TPSA) is 119 Å². The zero-order valence-electron chi connectivity index (χ0n) is 12.1. The minimum Gasteiger partial charge on any atom is -0.478 e. The van der Waals surface area contributed by atoms with E-state index in [1.807, 2.05) is 0 Å². The van der Waals surface area contributed by atoms with E-state index < -0.39 is 29.1 Å². The van der Waals surface area contributed by atoms with Crippen LogP contribution in [0.25, 0.3) is 0 Å². The van der Waals surface area contributed by atoms with Crippen LogP contribution in [0.15, 0.2) is 42.5 Å². The van der Waals surface area contributed by atoms with Gasteiger partial charge in [0.2, 0.25) is 0 Å².